The van der Waals surface area contributed by atoms with Crippen LogP contribution in [0.5, 0.6) is 0 Å². The number of benzene rings is 2. The normalized spacial score (nSPS) is 13.1. The molecular formula is C33H38ClFN2O2. The lowest BCUT2D eigenvalue weighted by molar-refractivity contribution is 0.100. The van der Waals surface area contributed by atoms with Crippen molar-refractivity contribution in [2.75, 3.05) is 0 Å². The second kappa shape index (κ2) is 13.7. The molecule has 0 unspecified atom stereocenters. The van der Waals surface area contributed by atoms with Crippen LogP contribution in [0.25, 0.3) is 10.9 Å². The van der Waals surface area contributed by atoms with Gasteiger partial charge >= 0.3 is 0 Å². The largest absolute Gasteiger partial charge is 0.341 e. The third-order valence-electron chi connectivity index (χ3n) is 7.12. The molecule has 206 valence electrons. The number of fused-ring (bicyclic) bond motifs is 1. The minimum Gasteiger partial charge on any atom is -0.341 e. The van der Waals surface area contributed by atoms with Gasteiger partial charge in [0.2, 0.25) is 0 Å². The molecular weight excluding hydrogens is 511 g/mol. The number of carbonyl (C=O) groups excluding carboxylic acids is 2. The van der Waals surface area contributed by atoms with Gasteiger partial charge in [0.05, 0.1) is 17.8 Å². The van der Waals surface area contributed by atoms with Gasteiger partial charge < -0.3 is 4.57 Å². The topological polar surface area (TPSA) is 51.4 Å². The lowest BCUT2D eigenvalue weighted by Crippen LogP contribution is -2.24. The Bertz CT molecular complexity index is 1420. The number of carbonyl (C=O) groups is 2. The van der Waals surface area contributed by atoms with E-state index in [4.69, 9.17) is 11.6 Å². The lowest BCUT2D eigenvalue weighted by Gasteiger charge is -2.31. The standard InChI is InChI=1S/C17H15ClN2O.C16H23FO/c1-12(21)16-11-20(10-14-5-3-2-4-8-19-14)17-9-13(18)6-7-15(16)17;1-5-9-16(4,10-6-2)15-8-7-13(17)11-14(15)12(3)18/h2,4-9,11H,3,10H2,1H3;7-8,11H,5-6,9-10H2,1-4H3. The molecule has 0 bridgehead atoms. The monoisotopic (exact) mass is 548 g/mol. The molecule has 4 nitrogen and oxygen atoms in total. The van der Waals surface area contributed by atoms with Crippen molar-refractivity contribution in [2.24, 2.45) is 4.99 Å². The van der Waals surface area contributed by atoms with Crippen LogP contribution in [-0.2, 0) is 12.0 Å². The molecule has 6 heteroatoms. The van der Waals surface area contributed by atoms with Crippen LogP contribution in [0, 0.1) is 5.82 Å². The highest BCUT2D eigenvalue weighted by Crippen LogP contribution is 2.36. The maximum absolute atomic E-state index is 13.3. The SMILES string of the molecule is CC(=O)c1cn(CC2=CCC=CC=N2)c2cc(Cl)ccc12.CCCC(C)(CCC)c1ccc(F)cc1C(C)=O. The van der Waals surface area contributed by atoms with Crippen molar-refractivity contribution in [1.29, 1.82) is 0 Å². The summed E-state index contributed by atoms with van der Waals surface area (Å²) >= 11 is 6.10. The Hall–Kier alpha value is -3.31. The number of hydrogen-bond acceptors (Lipinski definition) is 3. The van der Waals surface area contributed by atoms with Crippen LogP contribution in [0.2, 0.25) is 5.02 Å². The zero-order chi connectivity index (χ0) is 28.6. The quantitative estimate of drug-likeness (QED) is 0.250. The minimum atomic E-state index is -0.334. The van der Waals surface area contributed by atoms with Crippen LogP contribution >= 0.6 is 11.6 Å². The Kier molecular flexibility index (Phi) is 10.6. The Morgan fingerprint density at radius 3 is 2.36 bits per heavy atom. The third kappa shape index (κ3) is 7.63. The number of aliphatic imine (C=N–C) groups is 1. The van der Waals surface area contributed by atoms with Gasteiger partial charge in [-0.1, -0.05) is 69.5 Å². The molecule has 0 atom stereocenters. The second-order valence-electron chi connectivity index (χ2n) is 10.3. The number of allylic oxidation sites excluding steroid dienone is 4. The summed E-state index contributed by atoms with van der Waals surface area (Å²) in [5.74, 6) is -0.330. The first kappa shape index (κ1) is 30.2. The average Bonchev–Trinajstić information content (AvgIpc) is 3.04. The van der Waals surface area contributed by atoms with E-state index in [0.29, 0.717) is 17.1 Å². The highest BCUT2D eigenvalue weighted by Gasteiger charge is 2.28. The summed E-state index contributed by atoms with van der Waals surface area (Å²) in [4.78, 5) is 27.9. The predicted octanol–water partition coefficient (Wildman–Crippen LogP) is 9.30. The molecule has 4 rings (SSSR count). The van der Waals surface area contributed by atoms with E-state index in [9.17, 15) is 14.0 Å². The van der Waals surface area contributed by atoms with Crippen molar-refractivity contribution < 1.29 is 14.0 Å². The van der Waals surface area contributed by atoms with E-state index in [-0.39, 0.29) is 22.8 Å². The molecule has 3 aromatic rings. The highest BCUT2D eigenvalue weighted by atomic mass is 35.5. The maximum atomic E-state index is 13.3. The molecule has 0 N–H and O–H groups in total. The molecule has 1 aromatic heterocycles. The van der Waals surface area contributed by atoms with Gasteiger partial charge in [0.25, 0.3) is 0 Å². The molecule has 1 aliphatic rings. The van der Waals surface area contributed by atoms with E-state index in [0.717, 1.165) is 59.8 Å². The molecule has 2 heterocycles. The smallest absolute Gasteiger partial charge is 0.161 e. The highest BCUT2D eigenvalue weighted by molar-refractivity contribution is 6.31. The molecule has 0 radical (unpaired) electrons. The fraction of sp³-hybridized carbons (Fsp3) is 0.364. The van der Waals surface area contributed by atoms with Crippen molar-refractivity contribution in [1.82, 2.24) is 4.57 Å². The molecule has 0 saturated carbocycles. The zero-order valence-corrected chi connectivity index (χ0v) is 24.3. The second-order valence-corrected chi connectivity index (χ2v) is 10.8. The van der Waals surface area contributed by atoms with E-state index in [1.807, 2.05) is 35.0 Å². The predicted molar refractivity (Wildman–Crippen MR) is 161 cm³/mol. The van der Waals surface area contributed by atoms with Crippen LogP contribution in [0.4, 0.5) is 4.39 Å². The van der Waals surface area contributed by atoms with Gasteiger partial charge in [0.15, 0.2) is 11.6 Å². The van der Waals surface area contributed by atoms with Crippen molar-refractivity contribution in [3.63, 3.8) is 0 Å². The number of aromatic nitrogens is 1. The van der Waals surface area contributed by atoms with E-state index in [1.165, 1.54) is 19.1 Å². The van der Waals surface area contributed by atoms with Crippen LogP contribution in [0.1, 0.15) is 93.0 Å². The molecule has 39 heavy (non-hydrogen) atoms. The van der Waals surface area contributed by atoms with Crippen LogP contribution in [-0.4, -0.2) is 22.3 Å². The van der Waals surface area contributed by atoms with E-state index >= 15 is 0 Å². The van der Waals surface area contributed by atoms with Crippen LogP contribution in [0.3, 0.4) is 0 Å². The van der Waals surface area contributed by atoms with Crippen molar-refractivity contribution in [3.05, 3.63) is 94.1 Å². The molecule has 0 amide bonds. The molecule has 2 aromatic carbocycles. The van der Waals surface area contributed by atoms with Gasteiger partial charge in [0, 0.05) is 33.9 Å². The van der Waals surface area contributed by atoms with Crippen LogP contribution in [0.15, 0.2) is 71.5 Å². The van der Waals surface area contributed by atoms with Crippen LogP contribution < -0.4 is 0 Å². The first-order valence-electron chi connectivity index (χ1n) is 13.6. The summed E-state index contributed by atoms with van der Waals surface area (Å²) in [6.07, 6.45) is 14.8. The van der Waals surface area contributed by atoms with Gasteiger partial charge in [-0.05, 0) is 74.4 Å². The van der Waals surface area contributed by atoms with E-state index in [1.54, 1.807) is 19.2 Å². The van der Waals surface area contributed by atoms with E-state index in [2.05, 4.69) is 37.9 Å². The molecule has 0 aliphatic carbocycles. The fourth-order valence-electron chi connectivity index (χ4n) is 5.32. The third-order valence-corrected chi connectivity index (χ3v) is 7.36. The lowest BCUT2D eigenvalue weighted by atomic mass is 9.73. The number of ketones is 2. The number of halogens is 2. The maximum Gasteiger partial charge on any atom is 0.161 e. The average molecular weight is 549 g/mol. The van der Waals surface area contributed by atoms with Gasteiger partial charge in [-0.3, -0.25) is 14.6 Å². The number of nitrogens with zero attached hydrogens (tertiary/aromatic N) is 2. The number of Topliss-reactive ketones (excluding diaryl/α,β-unsaturated/α-hetero) is 2. The Morgan fingerprint density at radius 2 is 1.72 bits per heavy atom. The Morgan fingerprint density at radius 1 is 1.03 bits per heavy atom. The molecule has 0 spiro atoms. The van der Waals surface area contributed by atoms with Gasteiger partial charge in [0.1, 0.15) is 5.82 Å². The first-order chi connectivity index (χ1) is 18.6. The summed E-state index contributed by atoms with van der Waals surface area (Å²) in [6.45, 7) is 10.2. The van der Waals surface area contributed by atoms with E-state index < -0.39 is 0 Å². The number of rotatable bonds is 9. The summed E-state index contributed by atoms with van der Waals surface area (Å²) in [7, 11) is 0. The summed E-state index contributed by atoms with van der Waals surface area (Å²) in [5, 5.41) is 1.60. The summed E-state index contributed by atoms with van der Waals surface area (Å²) in [6, 6.07) is 10.2. The fourth-order valence-corrected chi connectivity index (χ4v) is 5.49. The summed E-state index contributed by atoms with van der Waals surface area (Å²) in [5.41, 5.74) is 4.17. The van der Waals surface area contributed by atoms with Gasteiger partial charge in [-0.25, -0.2) is 4.39 Å². The van der Waals surface area contributed by atoms with Crippen molar-refractivity contribution in [3.8, 4) is 0 Å². The molecule has 0 saturated heterocycles. The first-order valence-corrected chi connectivity index (χ1v) is 14.0. The van der Waals surface area contributed by atoms with Crippen molar-refractivity contribution in [2.45, 2.75) is 78.7 Å². The van der Waals surface area contributed by atoms with Gasteiger partial charge in [-0.2, -0.15) is 0 Å². The Labute approximate surface area is 236 Å². The molecule has 1 aliphatic heterocycles. The Balaban J connectivity index is 0.000000219. The molecule has 0 fully saturated rings. The minimum absolute atomic E-state index is 0.0296. The van der Waals surface area contributed by atoms with Gasteiger partial charge in [-0.15, -0.1) is 0 Å². The summed E-state index contributed by atoms with van der Waals surface area (Å²) < 4.78 is 15.3. The van der Waals surface area contributed by atoms with Crippen molar-refractivity contribution >= 4 is 40.3 Å². The number of hydrogen-bond donors (Lipinski definition) is 0. The zero-order valence-electron chi connectivity index (χ0n) is 23.6.